The second-order valence-electron chi connectivity index (χ2n) is 7.38. The van der Waals surface area contributed by atoms with Crippen molar-refractivity contribution in [2.75, 3.05) is 43.4 Å². The van der Waals surface area contributed by atoms with E-state index in [9.17, 15) is 4.79 Å². The van der Waals surface area contributed by atoms with Crippen molar-refractivity contribution in [1.82, 2.24) is 30.0 Å². The number of nitrogens with one attached hydrogen (secondary N) is 2. The van der Waals surface area contributed by atoms with E-state index in [2.05, 4.69) is 40.5 Å². The van der Waals surface area contributed by atoms with Crippen molar-refractivity contribution < 1.29 is 4.79 Å². The van der Waals surface area contributed by atoms with Crippen LogP contribution in [0.25, 0.3) is 0 Å². The number of anilines is 2. The predicted octanol–water partition coefficient (Wildman–Crippen LogP) is 1.21. The Balaban J connectivity index is 1.28. The lowest BCUT2D eigenvalue weighted by Gasteiger charge is -2.36. The van der Waals surface area contributed by atoms with Gasteiger partial charge in [0.25, 0.3) is 0 Å². The number of benzene rings is 1. The lowest BCUT2D eigenvalue weighted by Crippen LogP contribution is -2.52. The second-order valence-corrected chi connectivity index (χ2v) is 7.38. The Labute approximate surface area is 187 Å². The molecule has 10 nitrogen and oxygen atoms in total. The molecule has 1 aliphatic rings. The minimum atomic E-state index is -0.116. The second kappa shape index (κ2) is 10.4. The highest BCUT2D eigenvalue weighted by Gasteiger charge is 2.21. The highest BCUT2D eigenvalue weighted by atomic mass is 16.2. The highest BCUT2D eigenvalue weighted by molar-refractivity contribution is 5.90. The maximum Gasteiger partial charge on any atom is 0.246 e. The molecule has 1 aliphatic heterocycles. The Morgan fingerprint density at radius 3 is 2.59 bits per heavy atom. The van der Waals surface area contributed by atoms with E-state index in [1.165, 1.54) is 0 Å². The predicted molar refractivity (Wildman–Crippen MR) is 123 cm³/mol. The third-order valence-electron chi connectivity index (χ3n) is 5.15. The molecular formula is C22H27N9O. The Morgan fingerprint density at radius 1 is 1.06 bits per heavy atom. The van der Waals surface area contributed by atoms with Gasteiger partial charge in [0.1, 0.15) is 6.54 Å². The van der Waals surface area contributed by atoms with Crippen LogP contribution >= 0.6 is 0 Å². The molecule has 4 rings (SSSR count). The number of amides is 1. The summed E-state index contributed by atoms with van der Waals surface area (Å²) < 4.78 is 1.59. The molecule has 0 unspecified atom stereocenters. The molecule has 0 saturated carbocycles. The summed E-state index contributed by atoms with van der Waals surface area (Å²) >= 11 is 0. The quantitative estimate of drug-likeness (QED) is 0.445. The number of carbonyl (C=O) groups excluding carboxylic acids is 1. The summed E-state index contributed by atoms with van der Waals surface area (Å²) in [6.07, 6.45) is 6.95. The largest absolute Gasteiger partial charge is 0.352 e. The van der Waals surface area contributed by atoms with E-state index in [-0.39, 0.29) is 12.5 Å². The van der Waals surface area contributed by atoms with E-state index in [0.717, 1.165) is 49.3 Å². The molecule has 1 amide bonds. The highest BCUT2D eigenvalue weighted by Crippen LogP contribution is 2.12. The SMILES string of the molecule is CN=C(NCc1cccc(NC(=O)Cn2cccn2)c1)N1CCN(c2ncccn2)CC1. The molecule has 0 radical (unpaired) electrons. The lowest BCUT2D eigenvalue weighted by molar-refractivity contribution is -0.116. The van der Waals surface area contributed by atoms with E-state index in [4.69, 9.17) is 0 Å². The fourth-order valence-electron chi connectivity index (χ4n) is 3.59. The van der Waals surface area contributed by atoms with Gasteiger partial charge in [0.2, 0.25) is 11.9 Å². The molecule has 166 valence electrons. The van der Waals surface area contributed by atoms with Crippen LogP contribution in [0.3, 0.4) is 0 Å². The van der Waals surface area contributed by atoms with Crippen LogP contribution in [0, 0.1) is 0 Å². The summed E-state index contributed by atoms with van der Waals surface area (Å²) in [7, 11) is 1.79. The van der Waals surface area contributed by atoms with Crippen molar-refractivity contribution in [2.45, 2.75) is 13.1 Å². The smallest absolute Gasteiger partial charge is 0.246 e. The van der Waals surface area contributed by atoms with Crippen molar-refractivity contribution in [3.05, 3.63) is 66.7 Å². The first-order valence-corrected chi connectivity index (χ1v) is 10.5. The minimum Gasteiger partial charge on any atom is -0.352 e. The first kappa shape index (κ1) is 21.3. The van der Waals surface area contributed by atoms with E-state index in [1.54, 1.807) is 42.6 Å². The number of piperazine rings is 1. The molecule has 3 heterocycles. The first-order chi connectivity index (χ1) is 15.7. The van der Waals surface area contributed by atoms with Gasteiger partial charge in [-0.1, -0.05) is 12.1 Å². The van der Waals surface area contributed by atoms with Crippen LogP contribution < -0.4 is 15.5 Å². The summed E-state index contributed by atoms with van der Waals surface area (Å²) in [4.78, 5) is 29.7. The maximum absolute atomic E-state index is 12.2. The number of carbonyl (C=O) groups is 1. The fourth-order valence-corrected chi connectivity index (χ4v) is 3.59. The molecule has 0 spiro atoms. The Morgan fingerprint density at radius 2 is 1.88 bits per heavy atom. The Bertz CT molecular complexity index is 1030. The van der Waals surface area contributed by atoms with Crippen LogP contribution in [0.15, 0.2) is 66.2 Å². The summed E-state index contributed by atoms with van der Waals surface area (Å²) in [5.74, 6) is 1.50. The molecule has 0 atom stereocenters. The van der Waals surface area contributed by atoms with Crippen LogP contribution in [-0.2, 0) is 17.9 Å². The summed E-state index contributed by atoms with van der Waals surface area (Å²) in [6.45, 7) is 4.13. The average molecular weight is 434 g/mol. The van der Waals surface area contributed by atoms with Gasteiger partial charge in [0.05, 0.1) is 0 Å². The van der Waals surface area contributed by atoms with Crippen molar-refractivity contribution in [3.8, 4) is 0 Å². The monoisotopic (exact) mass is 433 g/mol. The average Bonchev–Trinajstić information content (AvgIpc) is 3.33. The number of hydrogen-bond donors (Lipinski definition) is 2. The standard InChI is InChI=1S/C22H27N9O/c1-23-21(29-11-13-30(14-12-29)22-24-7-3-8-25-22)26-16-18-5-2-6-19(15-18)28-20(32)17-31-10-4-9-27-31/h2-10,15H,11-14,16-17H2,1H3,(H,23,26)(H,28,32). The number of nitrogens with zero attached hydrogens (tertiary/aromatic N) is 7. The van der Waals surface area contributed by atoms with Crippen LogP contribution in [0.5, 0.6) is 0 Å². The summed E-state index contributed by atoms with van der Waals surface area (Å²) in [5.41, 5.74) is 1.81. The number of aliphatic imine (C=N–C) groups is 1. The Hall–Kier alpha value is -3.95. The van der Waals surface area contributed by atoms with Crippen molar-refractivity contribution in [1.29, 1.82) is 0 Å². The number of rotatable bonds is 6. The van der Waals surface area contributed by atoms with Gasteiger partial charge in [-0.05, 0) is 29.8 Å². The molecule has 2 aromatic heterocycles. The van der Waals surface area contributed by atoms with Gasteiger partial charge in [-0.15, -0.1) is 0 Å². The molecule has 0 bridgehead atoms. The topological polar surface area (TPSA) is 104 Å². The van der Waals surface area contributed by atoms with Crippen molar-refractivity contribution in [2.24, 2.45) is 4.99 Å². The van der Waals surface area contributed by atoms with Gasteiger partial charge in [-0.2, -0.15) is 5.10 Å². The molecule has 3 aromatic rings. The number of guanidine groups is 1. The number of hydrogen-bond acceptors (Lipinski definition) is 6. The van der Waals surface area contributed by atoms with E-state index in [0.29, 0.717) is 6.54 Å². The zero-order chi connectivity index (χ0) is 22.2. The fraction of sp³-hybridized carbons (Fsp3) is 0.318. The molecular weight excluding hydrogens is 406 g/mol. The summed E-state index contributed by atoms with van der Waals surface area (Å²) in [5, 5.41) is 10.4. The zero-order valence-electron chi connectivity index (χ0n) is 18.1. The zero-order valence-corrected chi connectivity index (χ0v) is 18.1. The molecule has 0 aliphatic carbocycles. The van der Waals surface area contributed by atoms with Gasteiger partial charge < -0.3 is 20.4 Å². The van der Waals surface area contributed by atoms with Gasteiger partial charge in [0, 0.05) is 70.2 Å². The minimum absolute atomic E-state index is 0.116. The van der Waals surface area contributed by atoms with Crippen LogP contribution in [-0.4, -0.2) is 69.7 Å². The van der Waals surface area contributed by atoms with E-state index < -0.39 is 0 Å². The van der Waals surface area contributed by atoms with E-state index >= 15 is 0 Å². The molecule has 2 N–H and O–H groups in total. The van der Waals surface area contributed by atoms with Crippen molar-refractivity contribution >= 4 is 23.5 Å². The van der Waals surface area contributed by atoms with Crippen LogP contribution in [0.4, 0.5) is 11.6 Å². The normalized spacial score (nSPS) is 14.3. The lowest BCUT2D eigenvalue weighted by atomic mass is 10.2. The van der Waals surface area contributed by atoms with Gasteiger partial charge in [0.15, 0.2) is 5.96 Å². The third kappa shape index (κ3) is 5.60. The van der Waals surface area contributed by atoms with Gasteiger partial charge in [-0.3, -0.25) is 14.5 Å². The van der Waals surface area contributed by atoms with E-state index in [1.807, 2.05) is 30.3 Å². The third-order valence-corrected chi connectivity index (χ3v) is 5.15. The van der Waals surface area contributed by atoms with Gasteiger partial charge in [-0.25, -0.2) is 9.97 Å². The molecule has 1 aromatic carbocycles. The Kier molecular flexibility index (Phi) is 6.91. The molecule has 1 fully saturated rings. The van der Waals surface area contributed by atoms with Crippen LogP contribution in [0.1, 0.15) is 5.56 Å². The summed E-state index contributed by atoms with van der Waals surface area (Å²) in [6, 6.07) is 11.4. The molecule has 10 heteroatoms. The molecule has 32 heavy (non-hydrogen) atoms. The molecule has 1 saturated heterocycles. The first-order valence-electron chi connectivity index (χ1n) is 10.5. The van der Waals surface area contributed by atoms with Crippen molar-refractivity contribution in [3.63, 3.8) is 0 Å². The maximum atomic E-state index is 12.2. The van der Waals surface area contributed by atoms with Gasteiger partial charge >= 0.3 is 0 Å². The van der Waals surface area contributed by atoms with Crippen LogP contribution in [0.2, 0.25) is 0 Å². The number of aromatic nitrogens is 4.